The van der Waals surface area contributed by atoms with E-state index in [1.807, 2.05) is 0 Å². The van der Waals surface area contributed by atoms with Crippen LogP contribution >= 0.6 is 0 Å². The van der Waals surface area contributed by atoms with E-state index in [9.17, 15) is 16.8 Å². The highest BCUT2D eigenvalue weighted by Crippen LogP contribution is 2.24. The first kappa shape index (κ1) is 15.4. The Morgan fingerprint density at radius 1 is 1.25 bits per heavy atom. The summed E-state index contributed by atoms with van der Waals surface area (Å²) in [6, 6.07) is 7.24. The van der Waals surface area contributed by atoms with Gasteiger partial charge in [-0.2, -0.15) is 4.31 Å². The van der Waals surface area contributed by atoms with Crippen molar-refractivity contribution in [2.75, 3.05) is 24.7 Å². The van der Waals surface area contributed by atoms with Crippen LogP contribution in [0.15, 0.2) is 35.2 Å². The minimum atomic E-state index is -3.79. The molecule has 2 rings (SSSR count). The molecular formula is C12H17NO5S2. The third-order valence-corrected chi connectivity index (χ3v) is 7.00. The number of rotatable bonds is 5. The largest absolute Gasteiger partial charge is 0.395 e. The molecule has 1 aliphatic heterocycles. The molecule has 1 heterocycles. The van der Waals surface area contributed by atoms with E-state index < -0.39 is 25.9 Å². The third kappa shape index (κ3) is 3.20. The summed E-state index contributed by atoms with van der Waals surface area (Å²) in [4.78, 5) is 0.109. The second-order valence-electron chi connectivity index (χ2n) is 4.71. The molecule has 8 heteroatoms. The Kier molecular flexibility index (Phi) is 4.48. The van der Waals surface area contributed by atoms with Crippen LogP contribution < -0.4 is 0 Å². The van der Waals surface area contributed by atoms with Crippen LogP contribution in [-0.4, -0.2) is 56.9 Å². The number of nitrogens with zero attached hydrogens (tertiary/aromatic N) is 1. The van der Waals surface area contributed by atoms with Crippen LogP contribution in [0.1, 0.15) is 6.42 Å². The van der Waals surface area contributed by atoms with E-state index in [1.54, 1.807) is 18.2 Å². The molecule has 1 N–H and O–H groups in total. The molecule has 1 aromatic rings. The van der Waals surface area contributed by atoms with Gasteiger partial charge in [0.05, 0.1) is 23.0 Å². The van der Waals surface area contributed by atoms with Crippen molar-refractivity contribution >= 4 is 19.9 Å². The first-order valence-corrected chi connectivity index (χ1v) is 9.51. The molecule has 112 valence electrons. The Labute approximate surface area is 119 Å². The second kappa shape index (κ2) is 5.80. The Morgan fingerprint density at radius 2 is 1.90 bits per heavy atom. The fraction of sp³-hybridized carbons (Fsp3) is 0.500. The first-order chi connectivity index (χ1) is 9.37. The second-order valence-corrected chi connectivity index (χ2v) is 8.83. The van der Waals surface area contributed by atoms with Crippen LogP contribution in [0.4, 0.5) is 0 Å². The van der Waals surface area contributed by atoms with Crippen molar-refractivity contribution < 1.29 is 21.9 Å². The van der Waals surface area contributed by atoms with Crippen molar-refractivity contribution in [2.24, 2.45) is 0 Å². The Hall–Kier alpha value is -0.960. The predicted octanol–water partition coefficient (Wildman–Crippen LogP) is -0.143. The van der Waals surface area contributed by atoms with Gasteiger partial charge in [-0.15, -0.1) is 0 Å². The molecule has 20 heavy (non-hydrogen) atoms. The van der Waals surface area contributed by atoms with E-state index in [-0.39, 0.29) is 36.0 Å². The Morgan fingerprint density at radius 3 is 2.40 bits per heavy atom. The van der Waals surface area contributed by atoms with Crippen molar-refractivity contribution in [3.05, 3.63) is 30.3 Å². The monoisotopic (exact) mass is 319 g/mol. The highest BCUT2D eigenvalue weighted by Gasteiger charge is 2.38. The SMILES string of the molecule is O=S1(=O)CC[C@H](N(CCO)S(=O)(=O)c2ccccc2)C1. The van der Waals surface area contributed by atoms with Gasteiger partial charge in [0, 0.05) is 12.6 Å². The number of sulfonamides is 1. The minimum Gasteiger partial charge on any atom is -0.395 e. The van der Waals surface area contributed by atoms with Gasteiger partial charge < -0.3 is 5.11 Å². The topological polar surface area (TPSA) is 91.8 Å². The normalized spacial score (nSPS) is 22.2. The molecule has 0 unspecified atom stereocenters. The van der Waals surface area contributed by atoms with Gasteiger partial charge in [-0.25, -0.2) is 16.8 Å². The van der Waals surface area contributed by atoms with Crippen LogP contribution in [0.25, 0.3) is 0 Å². The number of benzene rings is 1. The molecule has 1 aromatic carbocycles. The molecule has 1 saturated heterocycles. The molecule has 0 saturated carbocycles. The molecule has 0 spiro atoms. The predicted molar refractivity (Wildman–Crippen MR) is 74.5 cm³/mol. The van der Waals surface area contributed by atoms with Gasteiger partial charge in [0.15, 0.2) is 9.84 Å². The van der Waals surface area contributed by atoms with E-state index in [4.69, 9.17) is 5.11 Å². The van der Waals surface area contributed by atoms with Crippen molar-refractivity contribution in [1.29, 1.82) is 0 Å². The van der Waals surface area contributed by atoms with E-state index in [1.165, 1.54) is 12.1 Å². The fourth-order valence-corrected chi connectivity index (χ4v) is 5.82. The molecule has 1 aliphatic rings. The van der Waals surface area contributed by atoms with Gasteiger partial charge in [-0.3, -0.25) is 0 Å². The molecular weight excluding hydrogens is 302 g/mol. The Bertz CT molecular complexity index is 654. The van der Waals surface area contributed by atoms with Crippen molar-refractivity contribution in [3.8, 4) is 0 Å². The molecule has 0 radical (unpaired) electrons. The summed E-state index contributed by atoms with van der Waals surface area (Å²) in [6.45, 7) is -0.444. The molecule has 1 atom stereocenters. The van der Waals surface area contributed by atoms with Crippen LogP contribution in [0.3, 0.4) is 0 Å². The lowest BCUT2D eigenvalue weighted by Crippen LogP contribution is -2.42. The highest BCUT2D eigenvalue weighted by atomic mass is 32.2. The maximum Gasteiger partial charge on any atom is 0.243 e. The smallest absolute Gasteiger partial charge is 0.243 e. The lowest BCUT2D eigenvalue weighted by Gasteiger charge is -2.26. The van der Waals surface area contributed by atoms with Gasteiger partial charge >= 0.3 is 0 Å². The molecule has 0 aliphatic carbocycles. The van der Waals surface area contributed by atoms with Gasteiger partial charge in [-0.1, -0.05) is 18.2 Å². The molecule has 6 nitrogen and oxygen atoms in total. The lowest BCUT2D eigenvalue weighted by atomic mass is 10.3. The Balaban J connectivity index is 2.34. The minimum absolute atomic E-state index is 0.0100. The summed E-state index contributed by atoms with van der Waals surface area (Å²) in [5.41, 5.74) is 0. The molecule has 0 aromatic heterocycles. The van der Waals surface area contributed by atoms with E-state index in [0.29, 0.717) is 0 Å². The van der Waals surface area contributed by atoms with Crippen molar-refractivity contribution in [2.45, 2.75) is 17.4 Å². The zero-order valence-corrected chi connectivity index (χ0v) is 12.5. The van der Waals surface area contributed by atoms with Gasteiger partial charge in [0.25, 0.3) is 0 Å². The van der Waals surface area contributed by atoms with Crippen LogP contribution in [-0.2, 0) is 19.9 Å². The van der Waals surface area contributed by atoms with Crippen molar-refractivity contribution in [3.63, 3.8) is 0 Å². The zero-order valence-electron chi connectivity index (χ0n) is 10.8. The maximum atomic E-state index is 12.5. The molecule has 1 fully saturated rings. The number of hydrogen-bond acceptors (Lipinski definition) is 5. The van der Waals surface area contributed by atoms with E-state index in [2.05, 4.69) is 0 Å². The van der Waals surface area contributed by atoms with E-state index >= 15 is 0 Å². The lowest BCUT2D eigenvalue weighted by molar-refractivity contribution is 0.232. The maximum absolute atomic E-state index is 12.5. The summed E-state index contributed by atoms with van der Waals surface area (Å²) in [6.07, 6.45) is 0.272. The number of sulfone groups is 1. The standard InChI is InChI=1S/C12H17NO5S2/c14-8-7-13(11-6-9-19(15,16)10-11)20(17,18)12-4-2-1-3-5-12/h1-5,11,14H,6-10H2/t11-/m0/s1. The van der Waals surface area contributed by atoms with Crippen LogP contribution in [0.2, 0.25) is 0 Å². The summed E-state index contributed by atoms with van der Waals surface area (Å²) in [5, 5.41) is 9.08. The molecule has 0 bridgehead atoms. The number of aliphatic hydroxyl groups is 1. The summed E-state index contributed by atoms with van der Waals surface area (Å²) in [7, 11) is -6.98. The summed E-state index contributed by atoms with van der Waals surface area (Å²) in [5.74, 6) is -0.191. The van der Waals surface area contributed by atoms with Gasteiger partial charge in [-0.05, 0) is 18.6 Å². The number of hydrogen-bond donors (Lipinski definition) is 1. The van der Waals surface area contributed by atoms with Crippen LogP contribution in [0.5, 0.6) is 0 Å². The quantitative estimate of drug-likeness (QED) is 0.815. The van der Waals surface area contributed by atoms with Crippen LogP contribution in [0, 0.1) is 0 Å². The third-order valence-electron chi connectivity index (χ3n) is 3.29. The van der Waals surface area contributed by atoms with Crippen molar-refractivity contribution in [1.82, 2.24) is 4.31 Å². The summed E-state index contributed by atoms with van der Waals surface area (Å²) < 4.78 is 49.2. The highest BCUT2D eigenvalue weighted by molar-refractivity contribution is 7.92. The average molecular weight is 319 g/mol. The first-order valence-electron chi connectivity index (χ1n) is 6.25. The fourth-order valence-electron chi connectivity index (χ4n) is 2.33. The van der Waals surface area contributed by atoms with Gasteiger partial charge in [0.2, 0.25) is 10.0 Å². The molecule has 0 amide bonds. The van der Waals surface area contributed by atoms with E-state index in [0.717, 1.165) is 4.31 Å². The average Bonchev–Trinajstić information content (AvgIpc) is 2.77. The van der Waals surface area contributed by atoms with Gasteiger partial charge in [0.1, 0.15) is 0 Å². The zero-order chi connectivity index (χ0) is 14.8. The number of aliphatic hydroxyl groups excluding tert-OH is 1. The summed E-state index contributed by atoms with van der Waals surface area (Å²) >= 11 is 0.